The lowest BCUT2D eigenvalue weighted by molar-refractivity contribution is 0.0740. The fourth-order valence-electron chi connectivity index (χ4n) is 3.18. The third kappa shape index (κ3) is 3.43. The maximum absolute atomic E-state index is 13.1. The molecular formula is C22H21N3O3S. The van der Waals surface area contributed by atoms with Gasteiger partial charge in [0.15, 0.2) is 5.65 Å². The fraction of sp³-hybridized carbons (Fsp3) is 0.182. The molecule has 0 aliphatic carbocycles. The van der Waals surface area contributed by atoms with Crippen molar-refractivity contribution in [2.45, 2.75) is 31.3 Å². The smallest absolute Gasteiger partial charge is 0.269 e. The largest absolute Gasteiger partial charge is 0.384 e. The highest BCUT2D eigenvalue weighted by atomic mass is 32.2. The van der Waals surface area contributed by atoms with E-state index in [-0.39, 0.29) is 4.90 Å². The number of aromatic nitrogens is 3. The van der Waals surface area contributed by atoms with E-state index in [2.05, 4.69) is 9.97 Å². The molecule has 6 nitrogen and oxygen atoms in total. The van der Waals surface area contributed by atoms with Gasteiger partial charge in [-0.3, -0.25) is 0 Å². The first-order chi connectivity index (χ1) is 13.7. The lowest BCUT2D eigenvalue weighted by atomic mass is 10.0. The summed E-state index contributed by atoms with van der Waals surface area (Å²) in [7, 11) is -3.78. The quantitative estimate of drug-likeness (QED) is 0.555. The van der Waals surface area contributed by atoms with Crippen molar-refractivity contribution < 1.29 is 13.5 Å². The molecule has 4 aromatic rings. The predicted octanol–water partition coefficient (Wildman–Crippen LogP) is 3.87. The van der Waals surface area contributed by atoms with Gasteiger partial charge in [-0.1, -0.05) is 23.8 Å². The van der Waals surface area contributed by atoms with Gasteiger partial charge in [0, 0.05) is 23.3 Å². The average Bonchev–Trinajstić information content (AvgIpc) is 3.13. The molecule has 0 aliphatic heterocycles. The minimum atomic E-state index is -3.78. The van der Waals surface area contributed by atoms with Crippen LogP contribution in [0, 0.1) is 6.92 Å². The summed E-state index contributed by atoms with van der Waals surface area (Å²) in [4.78, 5) is 9.09. The first-order valence-corrected chi connectivity index (χ1v) is 10.6. The van der Waals surface area contributed by atoms with Gasteiger partial charge in [-0.15, -0.1) is 0 Å². The molecule has 0 saturated carbocycles. The van der Waals surface area contributed by atoms with Crippen LogP contribution < -0.4 is 0 Å². The molecule has 0 unspecified atom stereocenters. The van der Waals surface area contributed by atoms with E-state index in [9.17, 15) is 13.5 Å². The topological polar surface area (TPSA) is 85.1 Å². The molecule has 148 valence electrons. The van der Waals surface area contributed by atoms with Gasteiger partial charge in [-0.05, 0) is 57.2 Å². The van der Waals surface area contributed by atoms with Crippen LogP contribution >= 0.6 is 0 Å². The second-order valence-electron chi connectivity index (χ2n) is 7.49. The zero-order valence-corrected chi connectivity index (χ0v) is 17.2. The number of hydrogen-bond acceptors (Lipinski definition) is 5. The average molecular weight is 407 g/mol. The lowest BCUT2D eigenvalue weighted by Gasteiger charge is -2.17. The van der Waals surface area contributed by atoms with Crippen molar-refractivity contribution in [3.05, 3.63) is 78.2 Å². The zero-order valence-electron chi connectivity index (χ0n) is 16.4. The summed E-state index contributed by atoms with van der Waals surface area (Å²) >= 11 is 0. The van der Waals surface area contributed by atoms with Gasteiger partial charge in [0.25, 0.3) is 10.0 Å². The monoisotopic (exact) mass is 407 g/mol. The number of fused-ring (bicyclic) bond motifs is 1. The molecule has 3 aromatic heterocycles. The van der Waals surface area contributed by atoms with Crippen LogP contribution in [0.4, 0.5) is 0 Å². The van der Waals surface area contributed by atoms with Crippen molar-refractivity contribution in [3.63, 3.8) is 0 Å². The number of aliphatic hydroxyl groups is 1. The van der Waals surface area contributed by atoms with Gasteiger partial charge in [0.1, 0.15) is 5.60 Å². The van der Waals surface area contributed by atoms with E-state index in [1.54, 1.807) is 62.5 Å². The first-order valence-electron chi connectivity index (χ1n) is 9.16. The molecule has 0 fully saturated rings. The van der Waals surface area contributed by atoms with Crippen LogP contribution in [-0.2, 0) is 15.6 Å². The van der Waals surface area contributed by atoms with Gasteiger partial charge in [0.2, 0.25) is 0 Å². The van der Waals surface area contributed by atoms with Crippen molar-refractivity contribution in [1.29, 1.82) is 0 Å². The van der Waals surface area contributed by atoms with Crippen LogP contribution in [0.5, 0.6) is 0 Å². The normalized spacial score (nSPS) is 12.4. The van der Waals surface area contributed by atoms with Crippen LogP contribution in [0.3, 0.4) is 0 Å². The molecule has 0 amide bonds. The van der Waals surface area contributed by atoms with Crippen molar-refractivity contribution in [1.82, 2.24) is 13.9 Å². The Balaban J connectivity index is 1.88. The summed E-state index contributed by atoms with van der Waals surface area (Å²) in [5.41, 5.74) is 2.16. The molecule has 0 atom stereocenters. The minimum Gasteiger partial charge on any atom is -0.384 e. The molecule has 4 rings (SSSR count). The summed E-state index contributed by atoms with van der Waals surface area (Å²) in [6.07, 6.45) is 3.08. The summed E-state index contributed by atoms with van der Waals surface area (Å²) in [5, 5.41) is 10.9. The van der Waals surface area contributed by atoms with Crippen LogP contribution in [-0.4, -0.2) is 27.5 Å². The van der Waals surface area contributed by atoms with E-state index in [1.165, 1.54) is 10.2 Å². The number of hydrogen-bond donors (Lipinski definition) is 1. The lowest BCUT2D eigenvalue weighted by Crippen LogP contribution is -2.17. The Hall–Kier alpha value is -3.03. The standard InChI is InChI=1S/C22H21N3O3S/c1-15-7-9-16(10-8-15)29(27,28)25-14-12-18-17(11-13-23-21(18)25)19-5-4-6-20(24-19)22(2,3)26/h4-14,26H,1-3H3. The maximum atomic E-state index is 13.1. The minimum absolute atomic E-state index is 0.204. The Bertz CT molecular complexity index is 1300. The Morgan fingerprint density at radius 3 is 2.41 bits per heavy atom. The molecule has 29 heavy (non-hydrogen) atoms. The van der Waals surface area contributed by atoms with Crippen LogP contribution in [0.25, 0.3) is 22.3 Å². The molecular weight excluding hydrogens is 386 g/mol. The highest BCUT2D eigenvalue weighted by Gasteiger charge is 2.22. The van der Waals surface area contributed by atoms with E-state index in [0.29, 0.717) is 22.4 Å². The predicted molar refractivity (Wildman–Crippen MR) is 112 cm³/mol. The van der Waals surface area contributed by atoms with Crippen LogP contribution in [0.15, 0.2) is 71.9 Å². The van der Waals surface area contributed by atoms with Crippen molar-refractivity contribution in [3.8, 4) is 11.3 Å². The summed E-state index contributed by atoms with van der Waals surface area (Å²) < 4.78 is 27.4. The maximum Gasteiger partial charge on any atom is 0.269 e. The van der Waals surface area contributed by atoms with Gasteiger partial charge in [0.05, 0.1) is 16.3 Å². The molecule has 0 spiro atoms. The Labute approximate surface area is 169 Å². The molecule has 1 N–H and O–H groups in total. The van der Waals surface area contributed by atoms with E-state index >= 15 is 0 Å². The molecule has 3 heterocycles. The first kappa shape index (κ1) is 19.3. The SMILES string of the molecule is Cc1ccc(S(=O)(=O)n2ccc3c(-c4cccc(C(C)(C)O)n4)ccnc32)cc1. The number of benzene rings is 1. The summed E-state index contributed by atoms with van der Waals surface area (Å²) in [6, 6.07) is 15.6. The molecule has 0 radical (unpaired) electrons. The number of rotatable bonds is 4. The Morgan fingerprint density at radius 2 is 1.72 bits per heavy atom. The second-order valence-corrected chi connectivity index (χ2v) is 9.31. The van der Waals surface area contributed by atoms with Crippen molar-refractivity contribution in [2.24, 2.45) is 0 Å². The molecule has 1 aromatic carbocycles. The Kier molecular flexibility index (Phi) is 4.52. The van der Waals surface area contributed by atoms with E-state index in [0.717, 1.165) is 11.1 Å². The van der Waals surface area contributed by atoms with Crippen molar-refractivity contribution in [2.75, 3.05) is 0 Å². The van der Waals surface area contributed by atoms with E-state index in [4.69, 9.17) is 0 Å². The third-order valence-corrected chi connectivity index (χ3v) is 6.46. The van der Waals surface area contributed by atoms with Gasteiger partial charge >= 0.3 is 0 Å². The second kappa shape index (κ2) is 6.79. The van der Waals surface area contributed by atoms with Gasteiger partial charge in [-0.2, -0.15) is 0 Å². The number of pyridine rings is 2. The fourth-order valence-corrected chi connectivity index (χ4v) is 4.48. The van der Waals surface area contributed by atoms with E-state index < -0.39 is 15.6 Å². The Morgan fingerprint density at radius 1 is 1.00 bits per heavy atom. The highest BCUT2D eigenvalue weighted by molar-refractivity contribution is 7.90. The van der Waals surface area contributed by atoms with E-state index in [1.807, 2.05) is 19.1 Å². The summed E-state index contributed by atoms with van der Waals surface area (Å²) in [5.74, 6) is 0. The third-order valence-electron chi connectivity index (χ3n) is 4.78. The van der Waals surface area contributed by atoms with Gasteiger partial charge in [-0.25, -0.2) is 22.4 Å². The molecule has 7 heteroatoms. The summed E-state index contributed by atoms with van der Waals surface area (Å²) in [6.45, 7) is 5.25. The van der Waals surface area contributed by atoms with Crippen LogP contribution in [0.2, 0.25) is 0 Å². The highest BCUT2D eigenvalue weighted by Crippen LogP contribution is 2.30. The zero-order chi connectivity index (χ0) is 20.8. The molecule has 0 bridgehead atoms. The number of nitrogens with zero attached hydrogens (tertiary/aromatic N) is 3. The number of aryl methyl sites for hydroxylation is 1. The molecule has 0 aliphatic rings. The van der Waals surface area contributed by atoms with Crippen molar-refractivity contribution >= 4 is 21.1 Å². The van der Waals surface area contributed by atoms with Crippen LogP contribution in [0.1, 0.15) is 25.1 Å². The van der Waals surface area contributed by atoms with Gasteiger partial charge < -0.3 is 5.11 Å². The molecule has 0 saturated heterocycles.